The summed E-state index contributed by atoms with van der Waals surface area (Å²) in [5.74, 6) is 0.0808. The Morgan fingerprint density at radius 1 is 1.13 bits per heavy atom. The van der Waals surface area contributed by atoms with E-state index in [1.54, 1.807) is 30.3 Å². The zero-order chi connectivity index (χ0) is 21.6. The van der Waals surface area contributed by atoms with Crippen molar-refractivity contribution in [2.45, 2.75) is 4.34 Å². The molecule has 0 bridgehead atoms. The Morgan fingerprint density at radius 3 is 2.84 bits per heavy atom. The monoisotopic (exact) mass is 458 g/mol. The SMILES string of the molecule is O=C(/C=C\c1ccc2c(c1)OCO2)Nc1nnc(SCC(=O)Nc2ccccc2F)s1. The van der Waals surface area contributed by atoms with Crippen molar-refractivity contribution < 1.29 is 23.5 Å². The van der Waals surface area contributed by atoms with Crippen LogP contribution in [0.1, 0.15) is 5.56 Å². The summed E-state index contributed by atoms with van der Waals surface area (Å²) < 4.78 is 24.6. The third kappa shape index (κ3) is 5.58. The molecule has 158 valence electrons. The Bertz CT molecular complexity index is 1150. The summed E-state index contributed by atoms with van der Waals surface area (Å²) in [5, 5.41) is 13.2. The highest BCUT2D eigenvalue weighted by atomic mass is 32.2. The normalized spacial score (nSPS) is 12.2. The maximum Gasteiger partial charge on any atom is 0.250 e. The van der Waals surface area contributed by atoms with Gasteiger partial charge in [-0.2, -0.15) is 0 Å². The van der Waals surface area contributed by atoms with E-state index in [4.69, 9.17) is 9.47 Å². The zero-order valence-corrected chi connectivity index (χ0v) is 17.5. The molecule has 3 aromatic rings. The Kier molecular flexibility index (Phi) is 6.43. The number of aromatic nitrogens is 2. The molecule has 2 heterocycles. The molecule has 0 fully saturated rings. The molecular formula is C20H15FN4O4S2. The number of nitrogens with zero attached hydrogens (tertiary/aromatic N) is 2. The summed E-state index contributed by atoms with van der Waals surface area (Å²) in [7, 11) is 0. The van der Waals surface area contributed by atoms with E-state index in [1.807, 2.05) is 6.07 Å². The van der Waals surface area contributed by atoms with Crippen molar-refractivity contribution in [2.24, 2.45) is 0 Å². The van der Waals surface area contributed by atoms with E-state index in [0.29, 0.717) is 21.0 Å². The molecule has 1 aliphatic rings. The Hall–Kier alpha value is -3.44. The van der Waals surface area contributed by atoms with Crippen molar-refractivity contribution in [3.8, 4) is 11.5 Å². The molecule has 31 heavy (non-hydrogen) atoms. The van der Waals surface area contributed by atoms with Gasteiger partial charge in [0, 0.05) is 6.08 Å². The highest BCUT2D eigenvalue weighted by molar-refractivity contribution is 8.01. The number of carbonyl (C=O) groups is 2. The van der Waals surface area contributed by atoms with Gasteiger partial charge in [0.25, 0.3) is 0 Å². The molecule has 2 aromatic carbocycles. The van der Waals surface area contributed by atoms with Gasteiger partial charge in [-0.25, -0.2) is 4.39 Å². The van der Waals surface area contributed by atoms with E-state index in [9.17, 15) is 14.0 Å². The highest BCUT2D eigenvalue weighted by Crippen LogP contribution is 2.32. The lowest BCUT2D eigenvalue weighted by Crippen LogP contribution is -2.14. The molecule has 8 nitrogen and oxygen atoms in total. The van der Waals surface area contributed by atoms with Gasteiger partial charge in [0.05, 0.1) is 11.4 Å². The quantitative estimate of drug-likeness (QED) is 0.315. The second kappa shape index (κ2) is 9.58. The van der Waals surface area contributed by atoms with Crippen LogP contribution < -0.4 is 20.1 Å². The van der Waals surface area contributed by atoms with Crippen molar-refractivity contribution in [2.75, 3.05) is 23.2 Å². The maximum absolute atomic E-state index is 13.6. The molecule has 1 aromatic heterocycles. The Labute approximate surface area is 184 Å². The van der Waals surface area contributed by atoms with Crippen molar-refractivity contribution >= 4 is 51.8 Å². The third-order valence-electron chi connectivity index (χ3n) is 3.94. The van der Waals surface area contributed by atoms with Crippen molar-refractivity contribution in [1.82, 2.24) is 10.2 Å². The molecule has 0 atom stereocenters. The molecule has 11 heteroatoms. The van der Waals surface area contributed by atoms with Gasteiger partial charge in [-0.3, -0.25) is 14.9 Å². The summed E-state index contributed by atoms with van der Waals surface area (Å²) in [5.41, 5.74) is 0.904. The first-order chi connectivity index (χ1) is 15.1. The number of hydrogen-bond acceptors (Lipinski definition) is 8. The van der Waals surface area contributed by atoms with Crippen molar-refractivity contribution in [3.63, 3.8) is 0 Å². The van der Waals surface area contributed by atoms with Crippen LogP contribution >= 0.6 is 23.1 Å². The predicted molar refractivity (Wildman–Crippen MR) is 116 cm³/mol. The number of para-hydroxylation sites is 1. The number of nitrogens with one attached hydrogen (secondary N) is 2. The number of carbonyl (C=O) groups excluding carboxylic acids is 2. The number of thioether (sulfide) groups is 1. The molecule has 0 saturated carbocycles. The minimum Gasteiger partial charge on any atom is -0.454 e. The Morgan fingerprint density at radius 2 is 1.97 bits per heavy atom. The van der Waals surface area contributed by atoms with Gasteiger partial charge in [-0.15, -0.1) is 10.2 Å². The van der Waals surface area contributed by atoms with Crippen LogP contribution in [0, 0.1) is 5.82 Å². The van der Waals surface area contributed by atoms with Crippen LogP contribution in [0.4, 0.5) is 15.2 Å². The summed E-state index contributed by atoms with van der Waals surface area (Å²) in [6.07, 6.45) is 3.01. The van der Waals surface area contributed by atoms with Crippen molar-refractivity contribution in [1.29, 1.82) is 0 Å². The van der Waals surface area contributed by atoms with Crippen molar-refractivity contribution in [3.05, 3.63) is 59.9 Å². The van der Waals surface area contributed by atoms with Crippen LogP contribution in [0.3, 0.4) is 0 Å². The van der Waals surface area contributed by atoms with Gasteiger partial charge in [0.1, 0.15) is 5.82 Å². The van der Waals surface area contributed by atoms with Crippen LogP contribution in [0.5, 0.6) is 11.5 Å². The first kappa shape index (κ1) is 20.8. The molecule has 0 aliphatic carbocycles. The maximum atomic E-state index is 13.6. The number of hydrogen-bond donors (Lipinski definition) is 2. The number of ether oxygens (including phenoxy) is 2. The van der Waals surface area contributed by atoms with Crippen LogP contribution in [-0.4, -0.2) is 34.6 Å². The molecular weight excluding hydrogens is 443 g/mol. The fourth-order valence-electron chi connectivity index (χ4n) is 2.53. The fourth-order valence-corrected chi connectivity index (χ4v) is 4.09. The minimum atomic E-state index is -0.504. The molecule has 2 amide bonds. The number of halogens is 1. The molecule has 1 aliphatic heterocycles. The van der Waals surface area contributed by atoms with Crippen LogP contribution in [0.2, 0.25) is 0 Å². The van der Waals surface area contributed by atoms with E-state index < -0.39 is 5.82 Å². The summed E-state index contributed by atoms with van der Waals surface area (Å²) >= 11 is 2.27. The summed E-state index contributed by atoms with van der Waals surface area (Å²) in [6.45, 7) is 0.186. The highest BCUT2D eigenvalue weighted by Gasteiger charge is 2.13. The van der Waals surface area contributed by atoms with Gasteiger partial charge in [-0.05, 0) is 35.9 Å². The van der Waals surface area contributed by atoms with E-state index in [0.717, 1.165) is 28.7 Å². The standard InChI is InChI=1S/C20H15FN4O4S2/c21-13-3-1-2-4-14(13)22-18(27)10-30-20-25-24-19(31-20)23-17(26)8-6-12-5-7-15-16(9-12)29-11-28-15/h1-9H,10-11H2,(H,22,27)(H,23,24,26)/b8-6-. The van der Waals surface area contributed by atoms with E-state index in [-0.39, 0.29) is 30.0 Å². The van der Waals surface area contributed by atoms with Crippen LogP contribution in [-0.2, 0) is 9.59 Å². The molecule has 0 spiro atoms. The first-order valence-corrected chi connectivity index (χ1v) is 10.8. The smallest absolute Gasteiger partial charge is 0.250 e. The lowest BCUT2D eigenvalue weighted by Gasteiger charge is -2.04. The molecule has 0 radical (unpaired) electrons. The lowest BCUT2D eigenvalue weighted by molar-refractivity contribution is -0.114. The number of anilines is 2. The van der Waals surface area contributed by atoms with Gasteiger partial charge in [0.15, 0.2) is 15.8 Å². The predicted octanol–water partition coefficient (Wildman–Crippen LogP) is 3.79. The largest absolute Gasteiger partial charge is 0.454 e. The minimum absolute atomic E-state index is 0.0287. The van der Waals surface area contributed by atoms with Gasteiger partial charge < -0.3 is 14.8 Å². The average Bonchev–Trinajstić information content (AvgIpc) is 3.41. The van der Waals surface area contributed by atoms with Crippen LogP contribution in [0.15, 0.2) is 52.9 Å². The fraction of sp³-hybridized carbons (Fsp3) is 0.100. The number of fused-ring (bicyclic) bond motifs is 1. The second-order valence-electron chi connectivity index (χ2n) is 6.13. The zero-order valence-electron chi connectivity index (χ0n) is 15.8. The summed E-state index contributed by atoms with van der Waals surface area (Å²) in [4.78, 5) is 24.1. The van der Waals surface area contributed by atoms with E-state index >= 15 is 0 Å². The lowest BCUT2D eigenvalue weighted by atomic mass is 10.2. The van der Waals surface area contributed by atoms with E-state index in [2.05, 4.69) is 20.8 Å². The molecule has 0 saturated heterocycles. The summed E-state index contributed by atoms with van der Waals surface area (Å²) in [6, 6.07) is 11.3. The van der Waals surface area contributed by atoms with Crippen LogP contribution in [0.25, 0.3) is 6.08 Å². The third-order valence-corrected chi connectivity index (χ3v) is 5.91. The Balaban J connectivity index is 1.26. The number of rotatable bonds is 7. The van der Waals surface area contributed by atoms with E-state index in [1.165, 1.54) is 18.2 Å². The van der Waals surface area contributed by atoms with Gasteiger partial charge in [0.2, 0.25) is 23.7 Å². The topological polar surface area (TPSA) is 102 Å². The molecule has 0 unspecified atom stereocenters. The first-order valence-electron chi connectivity index (χ1n) is 8.96. The molecule has 4 rings (SSSR count). The van der Waals surface area contributed by atoms with Gasteiger partial charge in [-0.1, -0.05) is 41.3 Å². The second-order valence-corrected chi connectivity index (χ2v) is 8.33. The van der Waals surface area contributed by atoms with Gasteiger partial charge >= 0.3 is 0 Å². The number of amides is 2. The average molecular weight is 458 g/mol. The molecule has 2 N–H and O–H groups in total. The number of benzene rings is 2.